The van der Waals surface area contributed by atoms with Crippen LogP contribution in [0.2, 0.25) is 0 Å². The summed E-state index contributed by atoms with van der Waals surface area (Å²) in [5, 5.41) is 15.6. The summed E-state index contributed by atoms with van der Waals surface area (Å²) >= 11 is 0. The Morgan fingerprint density at radius 3 is 2.53 bits per heavy atom. The van der Waals surface area contributed by atoms with E-state index in [0.29, 0.717) is 32.1 Å². The first-order valence-corrected chi connectivity index (χ1v) is 7.00. The van der Waals surface area contributed by atoms with E-state index in [1.165, 1.54) is 0 Å². The Kier molecular flexibility index (Phi) is 3.22. The minimum atomic E-state index is -1.13. The van der Waals surface area contributed by atoms with Gasteiger partial charge in [0.2, 0.25) is 5.91 Å². The van der Waals surface area contributed by atoms with Crippen molar-refractivity contribution in [2.24, 2.45) is 5.92 Å². The topological polar surface area (TPSA) is 87.7 Å². The molecule has 3 rings (SSSR count). The third kappa shape index (κ3) is 2.23. The minimum absolute atomic E-state index is 0.0715. The maximum atomic E-state index is 12.4. The van der Waals surface area contributed by atoms with E-state index < -0.39 is 11.5 Å². The van der Waals surface area contributed by atoms with Crippen molar-refractivity contribution in [2.45, 2.75) is 49.7 Å². The second-order valence-electron chi connectivity index (χ2n) is 5.88. The molecule has 0 saturated carbocycles. The Balaban J connectivity index is 1.68. The van der Waals surface area contributed by atoms with Gasteiger partial charge in [0, 0.05) is 38.1 Å². The number of carboxylic acid groups (broad SMARTS) is 1. The van der Waals surface area contributed by atoms with Crippen molar-refractivity contribution in [1.82, 2.24) is 10.6 Å². The van der Waals surface area contributed by atoms with Crippen LogP contribution in [0.3, 0.4) is 0 Å². The molecule has 0 aromatic rings. The first-order valence-electron chi connectivity index (χ1n) is 7.00. The molecule has 0 aromatic carbocycles. The number of ether oxygens (including phenoxy) is 1. The number of carboxylic acids is 1. The van der Waals surface area contributed by atoms with Crippen molar-refractivity contribution >= 4 is 11.9 Å². The average molecular weight is 268 g/mol. The molecular weight excluding hydrogens is 248 g/mol. The molecule has 3 aliphatic heterocycles. The molecule has 3 aliphatic rings. The molecule has 0 aliphatic carbocycles. The maximum absolute atomic E-state index is 12.4. The SMILES string of the molecule is O=C(NC1(C(=O)O)CCOCC1)C1CC2CCC1N2. The summed E-state index contributed by atoms with van der Waals surface area (Å²) in [4.78, 5) is 23.9. The van der Waals surface area contributed by atoms with Gasteiger partial charge in [0.15, 0.2) is 0 Å². The van der Waals surface area contributed by atoms with Crippen LogP contribution in [-0.2, 0) is 14.3 Å². The first kappa shape index (κ1) is 12.9. The fraction of sp³-hybridized carbons (Fsp3) is 0.846. The van der Waals surface area contributed by atoms with Gasteiger partial charge in [0.1, 0.15) is 5.54 Å². The summed E-state index contributed by atoms with van der Waals surface area (Å²) in [6, 6.07) is 0.673. The van der Waals surface area contributed by atoms with Gasteiger partial charge in [-0.05, 0) is 19.3 Å². The first-order chi connectivity index (χ1) is 9.11. The lowest BCUT2D eigenvalue weighted by Crippen LogP contribution is -2.59. The number of carbonyl (C=O) groups is 2. The second kappa shape index (κ2) is 4.76. The summed E-state index contributed by atoms with van der Waals surface area (Å²) in [6.07, 6.45) is 3.69. The summed E-state index contributed by atoms with van der Waals surface area (Å²) < 4.78 is 5.20. The number of hydrogen-bond acceptors (Lipinski definition) is 4. The summed E-state index contributed by atoms with van der Waals surface area (Å²) in [5.41, 5.74) is -1.13. The second-order valence-corrected chi connectivity index (χ2v) is 5.88. The van der Waals surface area contributed by atoms with Crippen LogP contribution in [0.15, 0.2) is 0 Å². The van der Waals surface area contributed by atoms with Gasteiger partial charge >= 0.3 is 5.97 Å². The molecule has 106 valence electrons. The van der Waals surface area contributed by atoms with Crippen molar-refractivity contribution in [3.05, 3.63) is 0 Å². The van der Waals surface area contributed by atoms with E-state index in [9.17, 15) is 14.7 Å². The fourth-order valence-corrected chi connectivity index (χ4v) is 3.55. The summed E-state index contributed by atoms with van der Waals surface area (Å²) in [6.45, 7) is 0.781. The van der Waals surface area contributed by atoms with Crippen LogP contribution >= 0.6 is 0 Å². The molecule has 19 heavy (non-hydrogen) atoms. The number of aliphatic carboxylic acids is 1. The van der Waals surface area contributed by atoms with Crippen LogP contribution in [0.4, 0.5) is 0 Å². The third-order valence-corrected chi connectivity index (χ3v) is 4.76. The molecule has 0 spiro atoms. The lowest BCUT2D eigenvalue weighted by molar-refractivity contribution is -0.153. The molecule has 0 radical (unpaired) electrons. The van der Waals surface area contributed by atoms with Crippen LogP contribution < -0.4 is 10.6 Å². The van der Waals surface area contributed by atoms with Gasteiger partial charge in [-0.1, -0.05) is 0 Å². The van der Waals surface area contributed by atoms with Gasteiger partial charge in [-0.2, -0.15) is 0 Å². The lowest BCUT2D eigenvalue weighted by atomic mass is 9.85. The van der Waals surface area contributed by atoms with Crippen LogP contribution in [0.5, 0.6) is 0 Å². The van der Waals surface area contributed by atoms with E-state index in [0.717, 1.165) is 19.3 Å². The van der Waals surface area contributed by atoms with E-state index in [1.54, 1.807) is 0 Å². The summed E-state index contributed by atoms with van der Waals surface area (Å²) in [7, 11) is 0. The number of rotatable bonds is 3. The molecule has 3 unspecified atom stereocenters. The molecule has 3 fully saturated rings. The average Bonchev–Trinajstić information content (AvgIpc) is 3.02. The number of nitrogens with one attached hydrogen (secondary N) is 2. The van der Waals surface area contributed by atoms with Gasteiger partial charge in [-0.25, -0.2) is 4.79 Å². The van der Waals surface area contributed by atoms with E-state index >= 15 is 0 Å². The number of hydrogen-bond donors (Lipinski definition) is 3. The Morgan fingerprint density at radius 1 is 1.26 bits per heavy atom. The Bertz CT molecular complexity index is 392. The molecule has 6 nitrogen and oxygen atoms in total. The molecule has 6 heteroatoms. The van der Waals surface area contributed by atoms with Gasteiger partial charge in [0.25, 0.3) is 0 Å². The lowest BCUT2D eigenvalue weighted by Gasteiger charge is -2.35. The predicted molar refractivity (Wildman–Crippen MR) is 66.6 cm³/mol. The van der Waals surface area contributed by atoms with Crippen molar-refractivity contribution < 1.29 is 19.4 Å². The van der Waals surface area contributed by atoms with Crippen molar-refractivity contribution in [3.63, 3.8) is 0 Å². The van der Waals surface area contributed by atoms with Gasteiger partial charge in [0.05, 0.1) is 5.92 Å². The minimum Gasteiger partial charge on any atom is -0.480 e. The van der Waals surface area contributed by atoms with Crippen LogP contribution in [0, 0.1) is 5.92 Å². The van der Waals surface area contributed by atoms with Crippen LogP contribution in [0.1, 0.15) is 32.1 Å². The monoisotopic (exact) mass is 268 g/mol. The van der Waals surface area contributed by atoms with Gasteiger partial charge in [-0.15, -0.1) is 0 Å². The third-order valence-electron chi connectivity index (χ3n) is 4.76. The van der Waals surface area contributed by atoms with E-state index in [-0.39, 0.29) is 17.9 Å². The molecule has 2 bridgehead atoms. The summed E-state index contributed by atoms with van der Waals surface area (Å²) in [5.74, 6) is -1.12. The molecule has 3 N–H and O–H groups in total. The maximum Gasteiger partial charge on any atom is 0.329 e. The highest BCUT2D eigenvalue weighted by Crippen LogP contribution is 2.34. The largest absolute Gasteiger partial charge is 0.480 e. The molecule has 3 heterocycles. The van der Waals surface area contributed by atoms with E-state index in [1.807, 2.05) is 0 Å². The number of fused-ring (bicyclic) bond motifs is 2. The van der Waals surface area contributed by atoms with Crippen molar-refractivity contribution in [1.29, 1.82) is 0 Å². The Morgan fingerprint density at radius 2 is 2.00 bits per heavy atom. The Labute approximate surface area is 111 Å². The number of amides is 1. The van der Waals surface area contributed by atoms with Crippen LogP contribution in [-0.4, -0.2) is 47.8 Å². The zero-order chi connectivity index (χ0) is 13.5. The highest BCUT2D eigenvalue weighted by Gasteiger charge is 2.47. The predicted octanol–water partition coefficient (Wildman–Crippen LogP) is -0.123. The van der Waals surface area contributed by atoms with Crippen molar-refractivity contribution in [3.8, 4) is 0 Å². The molecule has 3 saturated heterocycles. The number of carbonyl (C=O) groups excluding carboxylic acids is 1. The van der Waals surface area contributed by atoms with Crippen molar-refractivity contribution in [2.75, 3.05) is 13.2 Å². The smallest absolute Gasteiger partial charge is 0.329 e. The highest BCUT2D eigenvalue weighted by molar-refractivity contribution is 5.88. The van der Waals surface area contributed by atoms with E-state index in [2.05, 4.69) is 10.6 Å². The normalized spacial score (nSPS) is 36.1. The quantitative estimate of drug-likeness (QED) is 0.664. The molecule has 0 aromatic heterocycles. The zero-order valence-electron chi connectivity index (χ0n) is 10.9. The van der Waals surface area contributed by atoms with Crippen LogP contribution in [0.25, 0.3) is 0 Å². The standard InChI is InChI=1S/C13H20N2O4/c16-11(9-7-8-1-2-10(9)14-8)15-13(12(17)18)3-5-19-6-4-13/h8-10,14H,1-7H2,(H,15,16)(H,17,18). The molecule has 3 atom stereocenters. The van der Waals surface area contributed by atoms with E-state index in [4.69, 9.17) is 4.74 Å². The molecular formula is C13H20N2O4. The van der Waals surface area contributed by atoms with Gasteiger partial charge < -0.3 is 20.5 Å². The fourth-order valence-electron chi connectivity index (χ4n) is 3.55. The Hall–Kier alpha value is -1.14. The zero-order valence-corrected chi connectivity index (χ0v) is 10.9. The van der Waals surface area contributed by atoms with Gasteiger partial charge in [-0.3, -0.25) is 4.79 Å². The highest BCUT2D eigenvalue weighted by atomic mass is 16.5. The molecule has 1 amide bonds.